The number of anilines is 1. The maximum absolute atomic E-state index is 12.7. The normalized spacial score (nSPS) is 17.9. The lowest BCUT2D eigenvalue weighted by atomic mass is 10.0. The Hall–Kier alpha value is -2.24. The number of halogens is 2. The Morgan fingerprint density at radius 2 is 1.85 bits per heavy atom. The van der Waals surface area contributed by atoms with E-state index >= 15 is 0 Å². The van der Waals surface area contributed by atoms with Crippen LogP contribution in [0, 0.1) is 0 Å². The minimum Gasteiger partial charge on any atom is -0.364 e. The van der Waals surface area contributed by atoms with Crippen LogP contribution in [-0.2, 0) is 0 Å². The van der Waals surface area contributed by atoms with Crippen LogP contribution in [0.5, 0.6) is 0 Å². The van der Waals surface area contributed by atoms with Gasteiger partial charge in [0.2, 0.25) is 0 Å². The zero-order valence-electron chi connectivity index (χ0n) is 15.0. The predicted molar refractivity (Wildman–Crippen MR) is 109 cm³/mol. The van der Waals surface area contributed by atoms with Gasteiger partial charge >= 0.3 is 0 Å². The fourth-order valence-corrected chi connectivity index (χ4v) is 3.85. The van der Waals surface area contributed by atoms with Crippen LogP contribution in [0.1, 0.15) is 12.8 Å². The number of nitrogens with zero attached hydrogens (tertiary/aromatic N) is 3. The van der Waals surface area contributed by atoms with Gasteiger partial charge in [0.05, 0.1) is 0 Å². The second-order valence-corrected chi connectivity index (χ2v) is 7.36. The molecule has 4 nitrogen and oxygen atoms in total. The first-order valence-corrected chi connectivity index (χ1v) is 9.68. The molecule has 1 aliphatic heterocycles. The van der Waals surface area contributed by atoms with Crippen molar-refractivity contribution in [2.75, 3.05) is 31.6 Å². The lowest BCUT2D eigenvalue weighted by Gasteiger charge is -2.32. The number of hydrogen-bond acceptors (Lipinski definition) is 4. The number of fused-ring (bicyclic) bond motifs is 1. The van der Waals surface area contributed by atoms with Crippen LogP contribution in [0.15, 0.2) is 48.5 Å². The van der Waals surface area contributed by atoms with Gasteiger partial charge in [-0.25, -0.2) is 4.39 Å². The zero-order valence-corrected chi connectivity index (χ0v) is 15.8. The van der Waals surface area contributed by atoms with Crippen LogP contribution >= 0.6 is 11.6 Å². The summed E-state index contributed by atoms with van der Waals surface area (Å²) < 4.78 is 12.7. The molecule has 1 N–H and O–H groups in total. The third kappa shape index (κ3) is 4.04. The first kappa shape index (κ1) is 18.1. The molecular formula is C21H22ClFN4. The van der Waals surface area contributed by atoms with Gasteiger partial charge in [-0.1, -0.05) is 48.0 Å². The van der Waals surface area contributed by atoms with Crippen LogP contribution < -0.4 is 5.32 Å². The van der Waals surface area contributed by atoms with Crippen LogP contribution in [0.4, 0.5) is 10.2 Å². The molecule has 6 heteroatoms. The fourth-order valence-electron chi connectivity index (χ4n) is 3.72. The van der Waals surface area contributed by atoms with E-state index in [2.05, 4.69) is 32.5 Å². The standard InChI is InChI=1S/C21H22ClFN4/c22-16-9-7-15(8-10-16)20-18-5-1-2-6-19(18)21(26-25-20)24-17-4-3-12-27(14-17)13-11-23/h1-2,5-10,17H,3-4,11-14H2,(H,24,26). The molecule has 1 saturated heterocycles. The van der Waals surface area contributed by atoms with Crippen LogP contribution in [0.3, 0.4) is 0 Å². The number of benzene rings is 2. The average molecular weight is 385 g/mol. The fraction of sp³-hybridized carbons (Fsp3) is 0.333. The topological polar surface area (TPSA) is 41.0 Å². The Morgan fingerprint density at radius 1 is 1.07 bits per heavy atom. The molecule has 1 aliphatic rings. The van der Waals surface area contributed by atoms with Crippen molar-refractivity contribution in [1.29, 1.82) is 0 Å². The van der Waals surface area contributed by atoms with E-state index < -0.39 is 0 Å². The first-order valence-electron chi connectivity index (χ1n) is 9.31. The minimum absolute atomic E-state index is 0.254. The highest BCUT2D eigenvalue weighted by atomic mass is 35.5. The molecule has 1 atom stereocenters. The van der Waals surface area contributed by atoms with Crippen molar-refractivity contribution in [2.24, 2.45) is 0 Å². The molecular weight excluding hydrogens is 363 g/mol. The van der Waals surface area contributed by atoms with Crippen LogP contribution in [-0.4, -0.2) is 47.4 Å². The minimum atomic E-state index is -0.300. The lowest BCUT2D eigenvalue weighted by Crippen LogP contribution is -2.43. The van der Waals surface area contributed by atoms with Crippen molar-refractivity contribution >= 4 is 28.2 Å². The molecule has 0 amide bonds. The molecule has 0 spiro atoms. The van der Waals surface area contributed by atoms with Gasteiger partial charge in [-0.2, -0.15) is 0 Å². The Morgan fingerprint density at radius 3 is 2.63 bits per heavy atom. The monoisotopic (exact) mass is 384 g/mol. The van der Waals surface area contributed by atoms with E-state index in [0.717, 1.165) is 53.8 Å². The summed E-state index contributed by atoms with van der Waals surface area (Å²) in [6.07, 6.45) is 2.11. The first-order chi connectivity index (χ1) is 13.2. The summed E-state index contributed by atoms with van der Waals surface area (Å²) in [5, 5.41) is 15.3. The summed E-state index contributed by atoms with van der Waals surface area (Å²) in [7, 11) is 0. The van der Waals surface area contributed by atoms with E-state index in [4.69, 9.17) is 11.6 Å². The molecule has 2 aromatic carbocycles. The molecule has 3 aromatic rings. The summed E-state index contributed by atoms with van der Waals surface area (Å²) in [4.78, 5) is 2.17. The molecule has 0 saturated carbocycles. The number of rotatable bonds is 5. The van der Waals surface area contributed by atoms with Crippen molar-refractivity contribution in [2.45, 2.75) is 18.9 Å². The highest BCUT2D eigenvalue weighted by molar-refractivity contribution is 6.30. The van der Waals surface area contributed by atoms with Gasteiger partial charge in [-0.05, 0) is 31.5 Å². The van der Waals surface area contributed by atoms with Gasteiger partial charge in [-0.15, -0.1) is 10.2 Å². The van der Waals surface area contributed by atoms with Crippen molar-refractivity contribution in [3.8, 4) is 11.3 Å². The van der Waals surface area contributed by atoms with Crippen molar-refractivity contribution in [3.05, 3.63) is 53.6 Å². The third-order valence-corrected chi connectivity index (χ3v) is 5.30. The number of aromatic nitrogens is 2. The molecule has 1 unspecified atom stereocenters. The van der Waals surface area contributed by atoms with E-state index in [1.807, 2.05) is 36.4 Å². The van der Waals surface area contributed by atoms with Gasteiger partial charge in [0.15, 0.2) is 5.82 Å². The second-order valence-electron chi connectivity index (χ2n) is 6.92. The van der Waals surface area contributed by atoms with E-state index in [-0.39, 0.29) is 12.7 Å². The van der Waals surface area contributed by atoms with E-state index in [0.29, 0.717) is 11.6 Å². The molecule has 1 aromatic heterocycles. The molecule has 140 valence electrons. The number of piperidine rings is 1. The number of alkyl halides is 1. The van der Waals surface area contributed by atoms with Crippen LogP contribution in [0.25, 0.3) is 22.0 Å². The van der Waals surface area contributed by atoms with Crippen LogP contribution in [0.2, 0.25) is 5.02 Å². The molecule has 0 aliphatic carbocycles. The van der Waals surface area contributed by atoms with E-state index in [9.17, 15) is 4.39 Å². The lowest BCUT2D eigenvalue weighted by molar-refractivity contribution is 0.200. The van der Waals surface area contributed by atoms with Crippen molar-refractivity contribution < 1.29 is 4.39 Å². The largest absolute Gasteiger partial charge is 0.364 e. The number of likely N-dealkylation sites (tertiary alicyclic amines) is 1. The smallest absolute Gasteiger partial charge is 0.156 e. The van der Waals surface area contributed by atoms with Crippen molar-refractivity contribution in [3.63, 3.8) is 0 Å². The summed E-state index contributed by atoms with van der Waals surface area (Å²) in [6, 6.07) is 16.0. The Labute approximate surface area is 163 Å². The highest BCUT2D eigenvalue weighted by Gasteiger charge is 2.21. The Balaban J connectivity index is 1.65. The molecule has 27 heavy (non-hydrogen) atoms. The van der Waals surface area contributed by atoms with E-state index in [1.54, 1.807) is 0 Å². The quantitative estimate of drug-likeness (QED) is 0.686. The zero-order chi connectivity index (χ0) is 18.6. The number of nitrogens with one attached hydrogen (secondary N) is 1. The Kier molecular flexibility index (Phi) is 5.50. The SMILES string of the molecule is FCCN1CCCC(Nc2nnc(-c3ccc(Cl)cc3)c3ccccc23)C1. The maximum atomic E-state index is 12.7. The average Bonchev–Trinajstić information content (AvgIpc) is 2.70. The Bertz CT molecular complexity index is 914. The molecule has 0 bridgehead atoms. The van der Waals surface area contributed by atoms with Gasteiger partial charge < -0.3 is 5.32 Å². The molecule has 1 fully saturated rings. The van der Waals surface area contributed by atoms with E-state index in [1.165, 1.54) is 0 Å². The molecule has 2 heterocycles. The van der Waals surface area contributed by atoms with Gasteiger partial charge in [0.1, 0.15) is 12.4 Å². The summed E-state index contributed by atoms with van der Waals surface area (Å²) in [6.45, 7) is 1.99. The predicted octanol–water partition coefficient (Wildman–Crippen LogP) is 4.80. The van der Waals surface area contributed by atoms with Gasteiger partial charge in [-0.3, -0.25) is 4.90 Å². The maximum Gasteiger partial charge on any atom is 0.156 e. The summed E-state index contributed by atoms with van der Waals surface area (Å²) >= 11 is 6.01. The molecule has 0 radical (unpaired) electrons. The molecule has 4 rings (SSSR count). The second kappa shape index (κ2) is 8.19. The number of hydrogen-bond donors (Lipinski definition) is 1. The summed E-state index contributed by atoms with van der Waals surface area (Å²) in [5.74, 6) is 0.787. The summed E-state index contributed by atoms with van der Waals surface area (Å²) in [5.41, 5.74) is 1.83. The van der Waals surface area contributed by atoms with Crippen molar-refractivity contribution in [1.82, 2.24) is 15.1 Å². The van der Waals surface area contributed by atoms with Gasteiger partial charge in [0, 0.05) is 40.5 Å². The van der Waals surface area contributed by atoms with Gasteiger partial charge in [0.25, 0.3) is 0 Å². The highest BCUT2D eigenvalue weighted by Crippen LogP contribution is 2.31. The third-order valence-electron chi connectivity index (χ3n) is 5.05.